The van der Waals surface area contributed by atoms with Gasteiger partial charge >= 0.3 is 5.97 Å². The zero-order valence-electron chi connectivity index (χ0n) is 10.2. The molecule has 0 aliphatic rings. The monoisotopic (exact) mass is 325 g/mol. The molecule has 0 radical (unpaired) electrons. The van der Waals surface area contributed by atoms with Crippen LogP contribution in [0.5, 0.6) is 0 Å². The van der Waals surface area contributed by atoms with E-state index in [1.807, 2.05) is 6.92 Å². The van der Waals surface area contributed by atoms with E-state index in [2.05, 4.69) is 0 Å². The topological polar surface area (TPSA) is 86.5 Å². The fourth-order valence-corrected chi connectivity index (χ4v) is 2.75. The zero-order chi connectivity index (χ0) is 14.6. The molecule has 0 spiro atoms. The van der Waals surface area contributed by atoms with Gasteiger partial charge in [0.1, 0.15) is 4.90 Å². The Hall–Kier alpha value is -0.820. The number of sulfonamides is 1. The fraction of sp³-hybridized carbons (Fsp3) is 0.364. The van der Waals surface area contributed by atoms with Crippen LogP contribution in [0.3, 0.4) is 0 Å². The Morgan fingerprint density at radius 2 is 2.00 bits per heavy atom. The molecule has 0 unspecified atom stereocenters. The number of hydrogen-bond donors (Lipinski definition) is 1. The molecule has 0 atom stereocenters. The van der Waals surface area contributed by atoms with Crippen LogP contribution < -0.4 is 5.14 Å². The fourth-order valence-electron chi connectivity index (χ4n) is 1.31. The van der Waals surface area contributed by atoms with Gasteiger partial charge in [-0.1, -0.05) is 36.5 Å². The van der Waals surface area contributed by atoms with Crippen LogP contribution in [0.1, 0.15) is 30.1 Å². The van der Waals surface area contributed by atoms with E-state index in [4.69, 9.17) is 33.1 Å². The van der Waals surface area contributed by atoms with Crippen LogP contribution in [0.2, 0.25) is 10.0 Å². The minimum Gasteiger partial charge on any atom is -0.462 e. The molecule has 0 saturated carbocycles. The van der Waals surface area contributed by atoms with E-state index in [1.165, 1.54) is 6.07 Å². The maximum Gasteiger partial charge on any atom is 0.339 e. The summed E-state index contributed by atoms with van der Waals surface area (Å²) >= 11 is 11.6. The first-order chi connectivity index (χ1) is 8.77. The SMILES string of the molecule is CCCCOC(=O)c1cc(Cl)cc(S(N)(=O)=O)c1Cl. The number of rotatable bonds is 5. The summed E-state index contributed by atoms with van der Waals surface area (Å²) in [5.74, 6) is -0.731. The van der Waals surface area contributed by atoms with Crippen molar-refractivity contribution in [3.63, 3.8) is 0 Å². The van der Waals surface area contributed by atoms with Crippen molar-refractivity contribution in [3.8, 4) is 0 Å². The number of benzene rings is 1. The molecule has 0 aromatic heterocycles. The van der Waals surface area contributed by atoms with E-state index in [9.17, 15) is 13.2 Å². The summed E-state index contributed by atoms with van der Waals surface area (Å²) in [5, 5.41) is 4.75. The highest BCUT2D eigenvalue weighted by atomic mass is 35.5. The molecule has 1 aromatic rings. The molecule has 106 valence electrons. The van der Waals surface area contributed by atoms with Crippen molar-refractivity contribution >= 4 is 39.2 Å². The molecule has 1 rings (SSSR count). The highest BCUT2D eigenvalue weighted by Crippen LogP contribution is 2.29. The van der Waals surface area contributed by atoms with Gasteiger partial charge in [-0.25, -0.2) is 18.4 Å². The smallest absolute Gasteiger partial charge is 0.339 e. The number of esters is 1. The van der Waals surface area contributed by atoms with E-state index in [0.29, 0.717) is 6.42 Å². The normalized spacial score (nSPS) is 11.4. The number of primary sulfonamides is 1. The van der Waals surface area contributed by atoms with Crippen molar-refractivity contribution in [1.29, 1.82) is 0 Å². The Balaban J connectivity index is 3.15. The Bertz CT molecular complexity index is 587. The molecular weight excluding hydrogens is 313 g/mol. The van der Waals surface area contributed by atoms with E-state index >= 15 is 0 Å². The highest BCUT2D eigenvalue weighted by molar-refractivity contribution is 7.89. The number of carbonyl (C=O) groups is 1. The van der Waals surface area contributed by atoms with Crippen LogP contribution in [0.15, 0.2) is 17.0 Å². The van der Waals surface area contributed by atoms with Gasteiger partial charge in [0.05, 0.1) is 17.2 Å². The van der Waals surface area contributed by atoms with Gasteiger partial charge < -0.3 is 4.74 Å². The van der Waals surface area contributed by atoms with Crippen molar-refractivity contribution in [1.82, 2.24) is 0 Å². The molecule has 0 saturated heterocycles. The van der Waals surface area contributed by atoms with Gasteiger partial charge in [0.2, 0.25) is 10.0 Å². The summed E-state index contributed by atoms with van der Waals surface area (Å²) in [5.41, 5.74) is -0.116. The summed E-state index contributed by atoms with van der Waals surface area (Å²) in [6.45, 7) is 2.17. The van der Waals surface area contributed by atoms with Crippen LogP contribution in [-0.4, -0.2) is 21.0 Å². The number of hydrogen-bond acceptors (Lipinski definition) is 4. The van der Waals surface area contributed by atoms with Crippen molar-refractivity contribution in [2.75, 3.05) is 6.61 Å². The molecule has 2 N–H and O–H groups in total. The van der Waals surface area contributed by atoms with Crippen molar-refractivity contribution in [3.05, 3.63) is 27.7 Å². The molecule has 0 heterocycles. The predicted molar refractivity (Wildman–Crippen MR) is 73.0 cm³/mol. The molecular formula is C11H13Cl2NO4S. The third-order valence-corrected chi connectivity index (χ3v) is 3.93. The summed E-state index contributed by atoms with van der Waals surface area (Å²) < 4.78 is 27.6. The van der Waals surface area contributed by atoms with E-state index in [0.717, 1.165) is 12.5 Å². The van der Waals surface area contributed by atoms with Crippen LogP contribution in [0, 0.1) is 0 Å². The number of unbranched alkanes of at least 4 members (excludes halogenated alkanes) is 1. The van der Waals surface area contributed by atoms with Crippen LogP contribution in [0.4, 0.5) is 0 Å². The summed E-state index contributed by atoms with van der Waals surface area (Å²) in [4.78, 5) is 11.4. The number of nitrogens with two attached hydrogens (primary N) is 1. The van der Waals surface area contributed by atoms with Gasteiger partial charge in [-0.3, -0.25) is 0 Å². The Morgan fingerprint density at radius 3 is 2.53 bits per heavy atom. The Morgan fingerprint density at radius 1 is 1.37 bits per heavy atom. The highest BCUT2D eigenvalue weighted by Gasteiger charge is 2.22. The quantitative estimate of drug-likeness (QED) is 0.665. The predicted octanol–water partition coefficient (Wildman–Crippen LogP) is 2.60. The lowest BCUT2D eigenvalue weighted by molar-refractivity contribution is 0.0499. The van der Waals surface area contributed by atoms with Gasteiger partial charge in [-0.05, 0) is 18.6 Å². The third-order valence-electron chi connectivity index (χ3n) is 2.26. The Labute approximate surface area is 121 Å². The van der Waals surface area contributed by atoms with Gasteiger partial charge in [-0.2, -0.15) is 0 Å². The summed E-state index contributed by atoms with van der Waals surface area (Å²) in [6.07, 6.45) is 1.56. The molecule has 0 bridgehead atoms. The minimum absolute atomic E-state index is 0.0378. The second kappa shape index (κ2) is 6.56. The standard InChI is InChI=1S/C11H13Cl2NO4S/c1-2-3-4-18-11(15)8-5-7(12)6-9(10(8)13)19(14,16)17/h5-6H,2-4H2,1H3,(H2,14,16,17). The first-order valence-corrected chi connectivity index (χ1v) is 7.76. The Kier molecular flexibility index (Phi) is 5.61. The van der Waals surface area contributed by atoms with Crippen LogP contribution in [-0.2, 0) is 14.8 Å². The maximum absolute atomic E-state index is 11.8. The lowest BCUT2D eigenvalue weighted by Gasteiger charge is -2.09. The van der Waals surface area contributed by atoms with Gasteiger partial charge in [-0.15, -0.1) is 0 Å². The minimum atomic E-state index is -4.06. The maximum atomic E-state index is 11.8. The average Bonchev–Trinajstić information content (AvgIpc) is 2.30. The van der Waals surface area contributed by atoms with Crippen molar-refractivity contribution in [2.45, 2.75) is 24.7 Å². The average molecular weight is 326 g/mol. The number of halogens is 2. The molecule has 0 aliphatic heterocycles. The second-order valence-electron chi connectivity index (χ2n) is 3.80. The van der Waals surface area contributed by atoms with Gasteiger partial charge in [0.15, 0.2) is 0 Å². The number of carbonyl (C=O) groups excluding carboxylic acids is 1. The molecule has 8 heteroatoms. The largest absolute Gasteiger partial charge is 0.462 e. The first kappa shape index (κ1) is 16.2. The molecule has 1 aromatic carbocycles. The summed E-state index contributed by atoms with van der Waals surface area (Å²) in [7, 11) is -4.06. The van der Waals surface area contributed by atoms with Crippen LogP contribution in [0.25, 0.3) is 0 Å². The third kappa shape index (κ3) is 4.35. The lowest BCUT2D eigenvalue weighted by Crippen LogP contribution is -2.15. The van der Waals surface area contributed by atoms with E-state index in [1.54, 1.807) is 0 Å². The summed E-state index contributed by atoms with van der Waals surface area (Å²) in [6, 6.07) is 2.33. The van der Waals surface area contributed by atoms with Crippen molar-refractivity contribution in [2.24, 2.45) is 5.14 Å². The van der Waals surface area contributed by atoms with E-state index < -0.39 is 20.9 Å². The number of ether oxygens (including phenoxy) is 1. The second-order valence-corrected chi connectivity index (χ2v) is 6.14. The van der Waals surface area contributed by atoms with Crippen LogP contribution >= 0.6 is 23.2 Å². The van der Waals surface area contributed by atoms with E-state index in [-0.39, 0.29) is 22.2 Å². The molecule has 0 aliphatic carbocycles. The molecule has 19 heavy (non-hydrogen) atoms. The first-order valence-electron chi connectivity index (χ1n) is 5.46. The molecule has 0 amide bonds. The van der Waals surface area contributed by atoms with Gasteiger partial charge in [0.25, 0.3) is 0 Å². The lowest BCUT2D eigenvalue weighted by atomic mass is 10.2. The molecule has 0 fully saturated rings. The van der Waals surface area contributed by atoms with Gasteiger partial charge in [0, 0.05) is 5.02 Å². The van der Waals surface area contributed by atoms with Crippen molar-refractivity contribution < 1.29 is 17.9 Å². The zero-order valence-corrected chi connectivity index (χ0v) is 12.5. The molecule has 5 nitrogen and oxygen atoms in total.